The van der Waals surface area contributed by atoms with E-state index < -0.39 is 65.9 Å². The number of rotatable bonds is 9. The van der Waals surface area contributed by atoms with E-state index in [0.29, 0.717) is 0 Å². The predicted molar refractivity (Wildman–Crippen MR) is 96.6 cm³/mol. The van der Waals surface area contributed by atoms with Crippen LogP contribution in [0.25, 0.3) is 0 Å². The second-order valence-electron chi connectivity index (χ2n) is 6.12. The van der Waals surface area contributed by atoms with E-state index in [4.69, 9.17) is 24.2 Å². The first-order chi connectivity index (χ1) is 14.1. The summed E-state index contributed by atoms with van der Waals surface area (Å²) in [6, 6.07) is 0. The first-order valence-electron chi connectivity index (χ1n) is 8.02. The summed E-state index contributed by atoms with van der Waals surface area (Å²) in [5, 5.41) is 10.3. The number of hydrogen-bond donors (Lipinski definition) is 6. The molecule has 0 saturated carbocycles. The smallest absolute Gasteiger partial charge is 0.387 e. The van der Waals surface area contributed by atoms with E-state index in [0.717, 1.165) is 10.8 Å². The monoisotopic (exact) mass is 512 g/mol. The molecule has 6 N–H and O–H groups in total. The molecule has 1 fully saturated rings. The maximum Gasteiger partial charge on any atom is 0.490 e. The standard InChI is InChI=1S/C11H19N2O15P3/c1-5-3-13(11(16)12-9(5)15)10-8(24-2)7(14)6(26-10)4-25-30(20,21)28-31(22,23)27-29(17,18)19/h3,6-8,10,14H,4H2,1-2H3,(H,20,21)(H,22,23)(H,12,15,16)(H2,17,18,19)/t6-,7-,8-,10-/m1/s1. The molecule has 2 unspecified atom stereocenters. The van der Waals surface area contributed by atoms with Crippen LogP contribution >= 0.6 is 23.5 Å². The van der Waals surface area contributed by atoms with E-state index in [1.807, 2.05) is 4.98 Å². The molecule has 0 spiro atoms. The lowest BCUT2D eigenvalue weighted by atomic mass is 10.1. The molecule has 0 amide bonds. The SMILES string of the molecule is CO[C@@H]1[C@H](O)[C@@H](COP(=O)(O)OP(=O)(O)OP(=O)(O)O)O[C@H]1n1cc(C)c(=O)[nH]c1=O. The van der Waals surface area contributed by atoms with E-state index in [9.17, 15) is 33.3 Å². The Morgan fingerprint density at radius 2 is 1.74 bits per heavy atom. The Kier molecular flexibility index (Phi) is 7.99. The molecule has 0 aromatic carbocycles. The molecule has 2 heterocycles. The summed E-state index contributed by atoms with van der Waals surface area (Å²) in [6.07, 6.45) is -4.38. The average molecular weight is 512 g/mol. The number of aliphatic hydroxyl groups is 1. The highest BCUT2D eigenvalue weighted by Crippen LogP contribution is 2.66. The Bertz CT molecular complexity index is 1060. The Hall–Kier alpha value is -1.03. The van der Waals surface area contributed by atoms with Crippen LogP contribution in [0.15, 0.2) is 15.8 Å². The lowest BCUT2D eigenvalue weighted by Gasteiger charge is -2.20. The van der Waals surface area contributed by atoms with Crippen molar-refractivity contribution in [1.29, 1.82) is 0 Å². The van der Waals surface area contributed by atoms with Crippen molar-refractivity contribution in [2.45, 2.75) is 31.5 Å². The minimum absolute atomic E-state index is 0.129. The molecule has 20 heteroatoms. The zero-order valence-electron chi connectivity index (χ0n) is 15.7. The minimum Gasteiger partial charge on any atom is -0.387 e. The van der Waals surface area contributed by atoms with Gasteiger partial charge < -0.3 is 34.2 Å². The largest absolute Gasteiger partial charge is 0.490 e. The van der Waals surface area contributed by atoms with Crippen molar-refractivity contribution in [2.24, 2.45) is 0 Å². The van der Waals surface area contributed by atoms with E-state index >= 15 is 0 Å². The third-order valence-corrected chi connectivity index (χ3v) is 7.63. The summed E-state index contributed by atoms with van der Waals surface area (Å²) in [7, 11) is -15.6. The maximum atomic E-state index is 12.1. The zero-order valence-corrected chi connectivity index (χ0v) is 18.4. The van der Waals surface area contributed by atoms with Crippen molar-refractivity contribution in [3.8, 4) is 0 Å². The van der Waals surface area contributed by atoms with E-state index in [2.05, 4.69) is 13.1 Å². The van der Waals surface area contributed by atoms with Crippen LogP contribution in [0.1, 0.15) is 11.8 Å². The number of aromatic amines is 1. The van der Waals surface area contributed by atoms with Gasteiger partial charge in [-0.1, -0.05) is 0 Å². The summed E-state index contributed by atoms with van der Waals surface area (Å²) in [4.78, 5) is 61.2. The molecule has 1 aliphatic rings. The van der Waals surface area contributed by atoms with Crippen LogP contribution in [0.3, 0.4) is 0 Å². The van der Waals surface area contributed by atoms with Crippen LogP contribution in [0.4, 0.5) is 0 Å². The van der Waals surface area contributed by atoms with Crippen molar-refractivity contribution in [3.05, 3.63) is 32.6 Å². The number of phosphoric acid groups is 3. The van der Waals surface area contributed by atoms with Gasteiger partial charge in [0, 0.05) is 18.9 Å². The lowest BCUT2D eigenvalue weighted by Crippen LogP contribution is -2.39. The van der Waals surface area contributed by atoms with Gasteiger partial charge in [0.25, 0.3) is 5.56 Å². The minimum atomic E-state index is -5.72. The highest BCUT2D eigenvalue weighted by atomic mass is 31.3. The normalized spacial score (nSPS) is 28.2. The van der Waals surface area contributed by atoms with Gasteiger partial charge in [-0.3, -0.25) is 18.9 Å². The second kappa shape index (κ2) is 9.45. The molecular weight excluding hydrogens is 493 g/mol. The molecule has 1 saturated heterocycles. The molecule has 1 aromatic rings. The third kappa shape index (κ3) is 6.97. The fraction of sp³-hybridized carbons (Fsp3) is 0.636. The number of nitrogens with one attached hydrogen (secondary N) is 1. The number of methoxy groups -OCH3 is 1. The molecule has 1 aliphatic heterocycles. The van der Waals surface area contributed by atoms with Crippen LogP contribution in [0, 0.1) is 6.92 Å². The summed E-state index contributed by atoms with van der Waals surface area (Å²) in [6.45, 7) is 0.438. The summed E-state index contributed by atoms with van der Waals surface area (Å²) < 4.78 is 56.7. The van der Waals surface area contributed by atoms with Crippen LogP contribution in [-0.4, -0.2) is 66.3 Å². The quantitative estimate of drug-likeness (QED) is 0.205. The molecule has 0 radical (unpaired) electrons. The lowest BCUT2D eigenvalue weighted by molar-refractivity contribution is -0.0620. The van der Waals surface area contributed by atoms with Crippen LogP contribution in [0.5, 0.6) is 0 Å². The Labute approximate surface area is 172 Å². The number of ether oxygens (including phenoxy) is 2. The van der Waals surface area contributed by atoms with Gasteiger partial charge in [0.1, 0.15) is 18.3 Å². The van der Waals surface area contributed by atoms with Gasteiger partial charge in [-0.2, -0.15) is 8.62 Å². The average Bonchev–Trinajstić information content (AvgIpc) is 2.88. The Morgan fingerprint density at radius 1 is 1.13 bits per heavy atom. The van der Waals surface area contributed by atoms with Crippen molar-refractivity contribution in [3.63, 3.8) is 0 Å². The Balaban J connectivity index is 2.14. The summed E-state index contributed by atoms with van der Waals surface area (Å²) in [5.74, 6) is 0. The number of phosphoric ester groups is 1. The van der Waals surface area contributed by atoms with Crippen molar-refractivity contribution >= 4 is 23.5 Å². The van der Waals surface area contributed by atoms with Crippen molar-refractivity contribution in [1.82, 2.24) is 9.55 Å². The summed E-state index contributed by atoms with van der Waals surface area (Å²) >= 11 is 0. The summed E-state index contributed by atoms with van der Waals surface area (Å²) in [5.41, 5.74) is -1.43. The first-order valence-corrected chi connectivity index (χ1v) is 12.5. The Morgan fingerprint density at radius 3 is 2.29 bits per heavy atom. The topological polar surface area (TPSA) is 253 Å². The maximum absolute atomic E-state index is 12.1. The fourth-order valence-electron chi connectivity index (χ4n) is 2.58. The molecule has 31 heavy (non-hydrogen) atoms. The zero-order chi connectivity index (χ0) is 23.8. The van der Waals surface area contributed by atoms with E-state index in [1.54, 1.807) is 0 Å². The highest BCUT2D eigenvalue weighted by molar-refractivity contribution is 7.66. The van der Waals surface area contributed by atoms with Crippen molar-refractivity contribution < 1.29 is 61.0 Å². The van der Waals surface area contributed by atoms with Gasteiger partial charge >= 0.3 is 29.2 Å². The second-order valence-corrected chi connectivity index (χ2v) is 10.5. The van der Waals surface area contributed by atoms with Crippen LogP contribution in [0.2, 0.25) is 0 Å². The van der Waals surface area contributed by atoms with Gasteiger partial charge in [0.2, 0.25) is 0 Å². The van der Waals surface area contributed by atoms with Gasteiger partial charge in [-0.15, -0.1) is 0 Å². The van der Waals surface area contributed by atoms with Crippen molar-refractivity contribution in [2.75, 3.05) is 13.7 Å². The van der Waals surface area contributed by atoms with Gasteiger partial charge in [0.15, 0.2) is 6.23 Å². The fourth-order valence-corrected chi connectivity index (χ4v) is 5.61. The third-order valence-electron chi connectivity index (χ3n) is 3.82. The highest BCUT2D eigenvalue weighted by Gasteiger charge is 2.47. The number of hydrogen-bond acceptors (Lipinski definition) is 11. The molecule has 2 rings (SSSR count). The van der Waals surface area contributed by atoms with Crippen LogP contribution in [-0.2, 0) is 36.3 Å². The van der Waals surface area contributed by atoms with Gasteiger partial charge in [0.05, 0.1) is 6.61 Å². The number of aliphatic hydroxyl groups excluding tert-OH is 1. The van der Waals surface area contributed by atoms with E-state index in [-0.39, 0.29) is 5.56 Å². The number of aryl methyl sites for hydroxylation is 1. The number of H-pyrrole nitrogens is 1. The molecule has 0 bridgehead atoms. The van der Waals surface area contributed by atoms with Gasteiger partial charge in [-0.05, 0) is 6.92 Å². The number of nitrogens with zero attached hydrogens (tertiary/aromatic N) is 1. The number of aromatic nitrogens is 2. The molecule has 1 aromatic heterocycles. The molecule has 178 valence electrons. The molecule has 0 aliphatic carbocycles. The predicted octanol–water partition coefficient (Wildman–Crippen LogP) is -1.54. The first kappa shape index (κ1) is 26.2. The molecule has 17 nitrogen and oxygen atoms in total. The van der Waals surface area contributed by atoms with E-state index in [1.165, 1.54) is 14.0 Å². The van der Waals surface area contributed by atoms with Crippen LogP contribution < -0.4 is 11.2 Å². The molecular formula is C11H19N2O15P3. The molecule has 6 atom stereocenters. The van der Waals surface area contributed by atoms with Gasteiger partial charge in [-0.25, -0.2) is 18.5 Å².